The number of aryl methyl sites for hydroxylation is 2. The first kappa shape index (κ1) is 19.1. The second-order valence-corrected chi connectivity index (χ2v) is 7.54. The second-order valence-electron chi connectivity index (χ2n) is 7.54. The summed E-state index contributed by atoms with van der Waals surface area (Å²) in [4.78, 5) is 4.63. The van der Waals surface area contributed by atoms with Gasteiger partial charge in [-0.2, -0.15) is 0 Å². The summed E-state index contributed by atoms with van der Waals surface area (Å²) >= 11 is 0. The van der Waals surface area contributed by atoms with Crippen LogP contribution >= 0.6 is 0 Å². The number of aromatic nitrogens is 1. The maximum absolute atomic E-state index is 4.63. The van der Waals surface area contributed by atoms with E-state index in [0.29, 0.717) is 0 Å². The fourth-order valence-corrected chi connectivity index (χ4v) is 3.76. The van der Waals surface area contributed by atoms with Crippen LogP contribution in [0.3, 0.4) is 0 Å². The summed E-state index contributed by atoms with van der Waals surface area (Å²) in [5.74, 6) is 0. The van der Waals surface area contributed by atoms with Gasteiger partial charge in [0.25, 0.3) is 0 Å². The molecule has 1 aromatic heterocycles. The van der Waals surface area contributed by atoms with E-state index in [1.165, 1.54) is 53.5 Å². The van der Waals surface area contributed by atoms with Crippen LogP contribution < -0.4 is 0 Å². The Morgan fingerprint density at radius 2 is 1.14 bits per heavy atom. The van der Waals surface area contributed by atoms with Crippen molar-refractivity contribution in [1.82, 2.24) is 4.98 Å². The summed E-state index contributed by atoms with van der Waals surface area (Å²) < 4.78 is 0. The van der Waals surface area contributed by atoms with Gasteiger partial charge in [0, 0.05) is 11.8 Å². The Morgan fingerprint density at radius 1 is 0.483 bits per heavy atom. The zero-order valence-corrected chi connectivity index (χ0v) is 16.8. The molecule has 0 saturated heterocycles. The van der Waals surface area contributed by atoms with Gasteiger partial charge in [-0.3, -0.25) is 4.98 Å². The van der Waals surface area contributed by atoms with E-state index >= 15 is 0 Å². The fraction of sp³-hybridized carbons (Fsp3) is 0.179. The molecule has 1 nitrogen and oxygen atoms in total. The van der Waals surface area contributed by atoms with Crippen LogP contribution in [0, 0.1) is 0 Å². The van der Waals surface area contributed by atoms with Gasteiger partial charge in [0.2, 0.25) is 0 Å². The molecular formula is C28H27N. The van der Waals surface area contributed by atoms with E-state index in [2.05, 4.69) is 102 Å². The van der Waals surface area contributed by atoms with Crippen LogP contribution in [0.4, 0.5) is 0 Å². The smallest absolute Gasteiger partial charge is 0.0704 e. The molecule has 0 aliphatic heterocycles. The summed E-state index contributed by atoms with van der Waals surface area (Å²) in [6, 6.07) is 34.4. The van der Waals surface area contributed by atoms with E-state index in [4.69, 9.17) is 0 Å². The number of hydrogen-bond acceptors (Lipinski definition) is 1. The largest absolute Gasteiger partial charge is 0.256 e. The van der Waals surface area contributed by atoms with Crippen LogP contribution in [-0.2, 0) is 12.8 Å². The highest BCUT2D eigenvalue weighted by Gasteiger charge is 2.04. The first-order chi connectivity index (χ1) is 14.4. The minimum absolute atomic E-state index is 1.06. The van der Waals surface area contributed by atoms with Gasteiger partial charge >= 0.3 is 0 Å². The first-order valence-electron chi connectivity index (χ1n) is 10.5. The van der Waals surface area contributed by atoms with E-state index in [9.17, 15) is 0 Å². The highest BCUT2D eigenvalue weighted by atomic mass is 14.7. The third kappa shape index (κ3) is 5.42. The van der Waals surface area contributed by atoms with Gasteiger partial charge in [0.05, 0.1) is 5.69 Å². The summed E-state index contributed by atoms with van der Waals surface area (Å²) in [7, 11) is 0. The number of hydrogen-bond donors (Lipinski definition) is 0. The predicted octanol–water partition coefficient (Wildman–Crippen LogP) is 7.37. The van der Waals surface area contributed by atoms with E-state index in [-0.39, 0.29) is 0 Å². The standard InChI is InChI=1S/C28H27N/c1-4-11-23(12-5-1)13-6-2-7-14-24-19-20-29-28(21-24)27-18-10-17-26(22-27)25-15-8-3-9-16-25/h1,3-5,8-12,15-22H,2,6-7,13-14H2. The lowest BCUT2D eigenvalue weighted by Gasteiger charge is -2.08. The molecule has 0 unspecified atom stereocenters. The lowest BCUT2D eigenvalue weighted by molar-refractivity contribution is 0.678. The molecule has 3 aromatic carbocycles. The van der Waals surface area contributed by atoms with Crippen molar-refractivity contribution in [3.05, 3.63) is 114 Å². The molecule has 0 saturated carbocycles. The highest BCUT2D eigenvalue weighted by molar-refractivity contribution is 5.71. The third-order valence-electron chi connectivity index (χ3n) is 5.36. The lowest BCUT2D eigenvalue weighted by atomic mass is 10.00. The van der Waals surface area contributed by atoms with Gasteiger partial charge in [-0.1, -0.05) is 85.3 Å². The molecule has 4 rings (SSSR count). The number of benzene rings is 3. The van der Waals surface area contributed by atoms with Crippen molar-refractivity contribution in [2.75, 3.05) is 0 Å². The average Bonchev–Trinajstić information content (AvgIpc) is 2.80. The van der Waals surface area contributed by atoms with Crippen molar-refractivity contribution in [3.8, 4) is 22.4 Å². The Hall–Kier alpha value is -3.19. The molecule has 1 heteroatoms. The summed E-state index contributed by atoms with van der Waals surface area (Å²) in [6.07, 6.45) is 7.97. The van der Waals surface area contributed by atoms with Crippen LogP contribution in [0.25, 0.3) is 22.4 Å². The van der Waals surface area contributed by atoms with E-state index in [0.717, 1.165) is 12.1 Å². The molecule has 0 radical (unpaired) electrons. The molecule has 0 aliphatic carbocycles. The van der Waals surface area contributed by atoms with E-state index < -0.39 is 0 Å². The molecule has 1 heterocycles. The van der Waals surface area contributed by atoms with Gasteiger partial charge < -0.3 is 0 Å². The van der Waals surface area contributed by atoms with Crippen molar-refractivity contribution >= 4 is 0 Å². The molecular weight excluding hydrogens is 350 g/mol. The zero-order chi connectivity index (χ0) is 19.7. The fourth-order valence-electron chi connectivity index (χ4n) is 3.76. The number of unbranched alkanes of at least 4 members (excludes halogenated alkanes) is 2. The first-order valence-corrected chi connectivity index (χ1v) is 10.5. The predicted molar refractivity (Wildman–Crippen MR) is 123 cm³/mol. The average molecular weight is 378 g/mol. The van der Waals surface area contributed by atoms with Crippen LogP contribution in [0.15, 0.2) is 103 Å². The van der Waals surface area contributed by atoms with E-state index in [1.807, 2.05) is 6.20 Å². The minimum atomic E-state index is 1.06. The second kappa shape index (κ2) is 9.84. The zero-order valence-electron chi connectivity index (χ0n) is 16.8. The van der Waals surface area contributed by atoms with Crippen LogP contribution in [-0.4, -0.2) is 4.98 Å². The summed E-state index contributed by atoms with van der Waals surface area (Å²) in [5, 5.41) is 0. The van der Waals surface area contributed by atoms with Gasteiger partial charge in [0.1, 0.15) is 0 Å². The van der Waals surface area contributed by atoms with Gasteiger partial charge in [-0.15, -0.1) is 0 Å². The molecule has 4 aromatic rings. The molecule has 0 aliphatic rings. The van der Waals surface area contributed by atoms with Gasteiger partial charge in [0.15, 0.2) is 0 Å². The Bertz CT molecular complexity index is 1020. The molecule has 0 bridgehead atoms. The van der Waals surface area contributed by atoms with Crippen molar-refractivity contribution in [2.24, 2.45) is 0 Å². The SMILES string of the molecule is c1ccc(CCCCCc2ccnc(-c3cccc(-c4ccccc4)c3)c2)cc1. The number of pyridine rings is 1. The Labute approximate surface area is 174 Å². The maximum atomic E-state index is 4.63. The topological polar surface area (TPSA) is 12.9 Å². The van der Waals surface area contributed by atoms with Crippen molar-refractivity contribution in [3.63, 3.8) is 0 Å². The molecule has 0 atom stereocenters. The van der Waals surface area contributed by atoms with E-state index in [1.54, 1.807) is 0 Å². The van der Waals surface area contributed by atoms with Gasteiger partial charge in [-0.05, 0) is 66.1 Å². The third-order valence-corrected chi connectivity index (χ3v) is 5.36. The van der Waals surface area contributed by atoms with Crippen LogP contribution in [0.2, 0.25) is 0 Å². The Kier molecular flexibility index (Phi) is 6.49. The van der Waals surface area contributed by atoms with Gasteiger partial charge in [-0.25, -0.2) is 0 Å². The monoisotopic (exact) mass is 377 g/mol. The summed E-state index contributed by atoms with van der Waals surface area (Å²) in [6.45, 7) is 0. The van der Waals surface area contributed by atoms with Crippen LogP contribution in [0.5, 0.6) is 0 Å². The molecule has 0 amide bonds. The molecule has 29 heavy (non-hydrogen) atoms. The van der Waals surface area contributed by atoms with Crippen molar-refractivity contribution in [1.29, 1.82) is 0 Å². The highest BCUT2D eigenvalue weighted by Crippen LogP contribution is 2.26. The molecule has 0 fully saturated rings. The molecule has 0 N–H and O–H groups in total. The molecule has 0 spiro atoms. The minimum Gasteiger partial charge on any atom is -0.256 e. The normalized spacial score (nSPS) is 10.8. The van der Waals surface area contributed by atoms with Crippen LogP contribution in [0.1, 0.15) is 30.4 Å². The Morgan fingerprint density at radius 3 is 1.93 bits per heavy atom. The molecule has 144 valence electrons. The Balaban J connectivity index is 1.36. The van der Waals surface area contributed by atoms with Crippen molar-refractivity contribution < 1.29 is 0 Å². The lowest BCUT2D eigenvalue weighted by Crippen LogP contribution is -1.91. The quantitative estimate of drug-likeness (QED) is 0.292. The number of nitrogens with zero attached hydrogens (tertiary/aromatic N) is 1. The van der Waals surface area contributed by atoms with Crippen molar-refractivity contribution in [2.45, 2.75) is 32.1 Å². The number of rotatable bonds is 8. The summed E-state index contributed by atoms with van der Waals surface area (Å²) in [5.41, 5.74) is 7.53. The maximum Gasteiger partial charge on any atom is 0.0704 e.